The Morgan fingerprint density at radius 1 is 1.60 bits per heavy atom. The van der Waals surface area contributed by atoms with Crippen molar-refractivity contribution in [3.8, 4) is 0 Å². The summed E-state index contributed by atoms with van der Waals surface area (Å²) in [5.74, 6) is 1.31. The van der Waals surface area contributed by atoms with Gasteiger partial charge in [-0.2, -0.15) is 0 Å². The van der Waals surface area contributed by atoms with Crippen molar-refractivity contribution in [1.82, 2.24) is 4.90 Å². The number of rotatable bonds is 2. The molecule has 0 atom stereocenters. The molecule has 0 aromatic rings. The van der Waals surface area contributed by atoms with Crippen LogP contribution in [0.3, 0.4) is 0 Å². The minimum atomic E-state index is 0.525. The summed E-state index contributed by atoms with van der Waals surface area (Å²) in [6, 6.07) is 0. The Hall–Kier alpha value is -1.45. The van der Waals surface area contributed by atoms with E-state index in [0.717, 1.165) is 23.9 Å². The molecule has 82 valence electrons. The molecule has 0 aromatic carbocycles. The van der Waals surface area contributed by atoms with E-state index in [0.29, 0.717) is 5.84 Å². The Morgan fingerprint density at radius 3 is 2.87 bits per heavy atom. The van der Waals surface area contributed by atoms with Gasteiger partial charge in [-0.3, -0.25) is 0 Å². The molecule has 0 bridgehead atoms. The monoisotopic (exact) mass is 206 g/mol. The van der Waals surface area contributed by atoms with Crippen LogP contribution in [0.4, 0.5) is 0 Å². The topological polar surface area (TPSA) is 67.6 Å². The Kier molecular flexibility index (Phi) is 2.66. The van der Waals surface area contributed by atoms with Gasteiger partial charge in [0.1, 0.15) is 11.5 Å². The van der Waals surface area contributed by atoms with Crippen LogP contribution in [-0.4, -0.2) is 17.3 Å². The second-order valence-electron chi connectivity index (χ2n) is 4.29. The number of allylic oxidation sites excluding steroid dienone is 1. The van der Waals surface area contributed by atoms with Crippen molar-refractivity contribution >= 4 is 5.84 Å². The number of aliphatic imine (C=N–C) groups is 1. The molecule has 2 aliphatic rings. The van der Waals surface area contributed by atoms with Gasteiger partial charge in [-0.1, -0.05) is 6.42 Å². The molecule has 0 radical (unpaired) electrons. The van der Waals surface area contributed by atoms with E-state index in [9.17, 15) is 0 Å². The zero-order chi connectivity index (χ0) is 10.8. The molecule has 1 saturated carbocycles. The molecule has 0 amide bonds. The Bertz CT molecular complexity index is 332. The van der Waals surface area contributed by atoms with Gasteiger partial charge in [0.15, 0.2) is 0 Å². The summed E-state index contributed by atoms with van der Waals surface area (Å²) in [5.41, 5.74) is 13.3. The van der Waals surface area contributed by atoms with Crippen molar-refractivity contribution in [1.29, 1.82) is 0 Å². The molecule has 1 aliphatic carbocycles. The molecule has 4 heteroatoms. The lowest BCUT2D eigenvalue weighted by Gasteiger charge is -2.34. The van der Waals surface area contributed by atoms with Crippen LogP contribution in [0.2, 0.25) is 0 Å². The third kappa shape index (κ3) is 1.98. The van der Waals surface area contributed by atoms with Crippen LogP contribution in [0.15, 0.2) is 28.8 Å². The van der Waals surface area contributed by atoms with E-state index >= 15 is 0 Å². The van der Waals surface area contributed by atoms with Crippen molar-refractivity contribution in [2.24, 2.45) is 22.4 Å². The summed E-state index contributed by atoms with van der Waals surface area (Å²) in [6.45, 7) is 2.88. The standard InChI is InChI=1S/C11H18N4/c1-8(12)10-11(13)14-5-6-15(10)7-9-3-2-4-9/h5-6,9H,2-4,7,12H2,1H3,(H2,13,14)/b10-8-. The molecule has 4 nitrogen and oxygen atoms in total. The molecule has 0 saturated heterocycles. The molecule has 15 heavy (non-hydrogen) atoms. The lowest BCUT2D eigenvalue weighted by atomic mass is 9.85. The summed E-state index contributed by atoms with van der Waals surface area (Å²) in [6.07, 6.45) is 7.68. The average Bonchev–Trinajstić information content (AvgIpc) is 2.10. The SMILES string of the molecule is C/C(N)=C1\C(N)=NC=CN1CC1CCC1. The smallest absolute Gasteiger partial charge is 0.149 e. The van der Waals surface area contributed by atoms with Gasteiger partial charge in [0.2, 0.25) is 0 Å². The second kappa shape index (κ2) is 3.96. The molecule has 0 unspecified atom stereocenters. The molecule has 2 rings (SSSR count). The fraction of sp³-hybridized carbons (Fsp3) is 0.545. The average molecular weight is 206 g/mol. The van der Waals surface area contributed by atoms with Gasteiger partial charge in [-0.15, -0.1) is 0 Å². The fourth-order valence-electron chi connectivity index (χ4n) is 2.01. The first-order chi connectivity index (χ1) is 7.18. The van der Waals surface area contributed by atoms with Gasteiger partial charge in [-0.05, 0) is 25.7 Å². The molecule has 0 aromatic heterocycles. The number of amidine groups is 1. The lowest BCUT2D eigenvalue weighted by Crippen LogP contribution is -2.36. The van der Waals surface area contributed by atoms with E-state index < -0.39 is 0 Å². The number of nitrogens with two attached hydrogens (primary N) is 2. The van der Waals surface area contributed by atoms with E-state index in [1.54, 1.807) is 6.20 Å². The normalized spacial score (nSPS) is 24.9. The molecule has 1 fully saturated rings. The van der Waals surface area contributed by atoms with Crippen molar-refractivity contribution in [2.45, 2.75) is 26.2 Å². The van der Waals surface area contributed by atoms with Crippen LogP contribution >= 0.6 is 0 Å². The lowest BCUT2D eigenvalue weighted by molar-refractivity contribution is 0.252. The van der Waals surface area contributed by atoms with Crippen molar-refractivity contribution in [3.05, 3.63) is 23.8 Å². The Labute approximate surface area is 90.3 Å². The zero-order valence-corrected chi connectivity index (χ0v) is 9.11. The van der Waals surface area contributed by atoms with E-state index in [1.165, 1.54) is 19.3 Å². The number of nitrogens with zero attached hydrogens (tertiary/aromatic N) is 2. The Morgan fingerprint density at radius 2 is 2.33 bits per heavy atom. The molecule has 1 heterocycles. The van der Waals surface area contributed by atoms with Gasteiger partial charge >= 0.3 is 0 Å². The predicted octanol–water partition coefficient (Wildman–Crippen LogP) is 1.12. The first-order valence-corrected chi connectivity index (χ1v) is 5.42. The van der Waals surface area contributed by atoms with E-state index in [1.807, 2.05) is 13.1 Å². The molecule has 0 spiro atoms. The van der Waals surface area contributed by atoms with Gasteiger partial charge in [0, 0.05) is 24.6 Å². The zero-order valence-electron chi connectivity index (χ0n) is 9.11. The molecular formula is C11H18N4. The van der Waals surface area contributed by atoms with Crippen molar-refractivity contribution in [2.75, 3.05) is 6.54 Å². The number of hydrogen-bond acceptors (Lipinski definition) is 4. The van der Waals surface area contributed by atoms with E-state index in [4.69, 9.17) is 11.5 Å². The summed E-state index contributed by atoms with van der Waals surface area (Å²) >= 11 is 0. The maximum absolute atomic E-state index is 5.83. The fourth-order valence-corrected chi connectivity index (χ4v) is 2.01. The molecule has 1 aliphatic heterocycles. The quantitative estimate of drug-likeness (QED) is 0.711. The number of hydrogen-bond donors (Lipinski definition) is 2. The molecular weight excluding hydrogens is 188 g/mol. The second-order valence-corrected chi connectivity index (χ2v) is 4.29. The highest BCUT2D eigenvalue weighted by atomic mass is 15.2. The van der Waals surface area contributed by atoms with Crippen LogP contribution in [0.1, 0.15) is 26.2 Å². The van der Waals surface area contributed by atoms with Crippen LogP contribution in [-0.2, 0) is 0 Å². The maximum Gasteiger partial charge on any atom is 0.149 e. The van der Waals surface area contributed by atoms with Crippen LogP contribution < -0.4 is 11.5 Å². The predicted molar refractivity (Wildman–Crippen MR) is 61.7 cm³/mol. The Balaban J connectivity index is 2.12. The summed E-state index contributed by atoms with van der Waals surface area (Å²) < 4.78 is 0. The summed E-state index contributed by atoms with van der Waals surface area (Å²) in [7, 11) is 0. The van der Waals surface area contributed by atoms with Gasteiger partial charge in [0.25, 0.3) is 0 Å². The van der Waals surface area contributed by atoms with Crippen LogP contribution in [0, 0.1) is 5.92 Å². The highest BCUT2D eigenvalue weighted by Gasteiger charge is 2.23. The largest absolute Gasteiger partial charge is 0.400 e. The minimum absolute atomic E-state index is 0.525. The highest BCUT2D eigenvalue weighted by Crippen LogP contribution is 2.29. The maximum atomic E-state index is 5.83. The van der Waals surface area contributed by atoms with Crippen molar-refractivity contribution in [3.63, 3.8) is 0 Å². The first kappa shape index (κ1) is 10.1. The van der Waals surface area contributed by atoms with Crippen LogP contribution in [0.5, 0.6) is 0 Å². The van der Waals surface area contributed by atoms with Gasteiger partial charge in [0.05, 0.1) is 0 Å². The van der Waals surface area contributed by atoms with Crippen LogP contribution in [0.25, 0.3) is 0 Å². The first-order valence-electron chi connectivity index (χ1n) is 5.42. The third-order valence-corrected chi connectivity index (χ3v) is 3.04. The summed E-state index contributed by atoms with van der Waals surface area (Å²) in [4.78, 5) is 6.19. The third-order valence-electron chi connectivity index (χ3n) is 3.04. The van der Waals surface area contributed by atoms with E-state index in [2.05, 4.69) is 9.89 Å². The van der Waals surface area contributed by atoms with Crippen molar-refractivity contribution < 1.29 is 0 Å². The van der Waals surface area contributed by atoms with E-state index in [-0.39, 0.29) is 0 Å². The molecule has 4 N–H and O–H groups in total. The summed E-state index contributed by atoms with van der Waals surface area (Å²) in [5, 5.41) is 0. The highest BCUT2D eigenvalue weighted by molar-refractivity contribution is 5.98. The van der Waals surface area contributed by atoms with Gasteiger partial charge in [-0.25, -0.2) is 4.99 Å². The minimum Gasteiger partial charge on any atom is -0.400 e. The van der Waals surface area contributed by atoms with Gasteiger partial charge < -0.3 is 16.4 Å².